The zero-order chi connectivity index (χ0) is 18.3. The van der Waals surface area contributed by atoms with E-state index in [4.69, 9.17) is 0 Å². The van der Waals surface area contributed by atoms with E-state index in [1.807, 2.05) is 12.2 Å². The summed E-state index contributed by atoms with van der Waals surface area (Å²) in [5, 5.41) is 0. The van der Waals surface area contributed by atoms with Crippen molar-refractivity contribution >= 4 is 23.9 Å². The molecule has 0 saturated carbocycles. The maximum Gasteiger partial charge on any atom is 0.346 e. The highest BCUT2D eigenvalue weighted by Crippen LogP contribution is 2.23. The van der Waals surface area contributed by atoms with E-state index in [1.165, 1.54) is 0 Å². The van der Waals surface area contributed by atoms with Crippen molar-refractivity contribution in [2.45, 2.75) is 12.8 Å². The van der Waals surface area contributed by atoms with Gasteiger partial charge in [-0.25, -0.2) is 19.2 Å². The van der Waals surface area contributed by atoms with Crippen molar-refractivity contribution in [1.29, 1.82) is 0 Å². The molecule has 0 spiro atoms. The van der Waals surface area contributed by atoms with E-state index in [2.05, 4.69) is 9.47 Å². The molecule has 0 unspecified atom stereocenters. The van der Waals surface area contributed by atoms with Crippen LogP contribution in [0.4, 0.5) is 0 Å². The number of hydrogen-bond acceptors (Lipinski definition) is 6. The first kappa shape index (κ1) is 16.0. The third-order valence-corrected chi connectivity index (χ3v) is 4.29. The van der Waals surface area contributed by atoms with Gasteiger partial charge in [0.15, 0.2) is 0 Å². The third kappa shape index (κ3) is 2.71. The largest absolute Gasteiger partial charge is 0.386 e. The van der Waals surface area contributed by atoms with Crippen LogP contribution in [-0.4, -0.2) is 23.9 Å². The van der Waals surface area contributed by atoms with E-state index in [1.54, 1.807) is 36.4 Å². The van der Waals surface area contributed by atoms with Gasteiger partial charge in [0.25, 0.3) is 0 Å². The van der Waals surface area contributed by atoms with Crippen molar-refractivity contribution in [3.63, 3.8) is 0 Å². The van der Waals surface area contributed by atoms with Crippen molar-refractivity contribution in [2.75, 3.05) is 0 Å². The lowest BCUT2D eigenvalue weighted by atomic mass is 10.0. The summed E-state index contributed by atoms with van der Waals surface area (Å²) < 4.78 is 9.13. The Kier molecular flexibility index (Phi) is 3.73. The summed E-state index contributed by atoms with van der Waals surface area (Å²) >= 11 is 0. The Labute approximate surface area is 148 Å². The molecule has 6 nitrogen and oxygen atoms in total. The predicted octanol–water partition coefficient (Wildman–Crippen LogP) is 2.65. The Morgan fingerprint density at radius 1 is 0.577 bits per heavy atom. The number of ether oxygens (including phenoxy) is 2. The molecular formula is C20H12O6. The number of rotatable bonds is 4. The highest BCUT2D eigenvalue weighted by molar-refractivity contribution is 6.15. The van der Waals surface area contributed by atoms with Crippen LogP contribution in [0.3, 0.4) is 0 Å². The van der Waals surface area contributed by atoms with Crippen LogP contribution in [0.15, 0.2) is 48.6 Å². The van der Waals surface area contributed by atoms with Gasteiger partial charge in [-0.2, -0.15) is 0 Å². The molecule has 2 aromatic rings. The van der Waals surface area contributed by atoms with Crippen molar-refractivity contribution in [1.82, 2.24) is 0 Å². The van der Waals surface area contributed by atoms with E-state index >= 15 is 0 Å². The quantitative estimate of drug-likeness (QED) is 0.480. The SMILES string of the molecule is O=C1OC(=O)c2cc(C/C=C\Cc3ccc4c(c3)C(=O)OC4=O)ccc21. The van der Waals surface area contributed by atoms with Crippen LogP contribution < -0.4 is 0 Å². The minimum atomic E-state index is -0.615. The van der Waals surface area contributed by atoms with E-state index < -0.39 is 23.9 Å². The minimum Gasteiger partial charge on any atom is -0.386 e. The molecule has 128 valence electrons. The fourth-order valence-electron chi connectivity index (χ4n) is 2.96. The van der Waals surface area contributed by atoms with Crippen LogP contribution in [0.25, 0.3) is 0 Å². The van der Waals surface area contributed by atoms with Gasteiger partial charge in [0.1, 0.15) is 0 Å². The molecule has 2 heterocycles. The number of esters is 4. The lowest BCUT2D eigenvalue weighted by molar-refractivity contribution is 0.0425. The number of fused-ring (bicyclic) bond motifs is 2. The molecule has 2 aliphatic heterocycles. The molecule has 0 fully saturated rings. The van der Waals surface area contributed by atoms with Gasteiger partial charge in [-0.15, -0.1) is 0 Å². The number of allylic oxidation sites excluding steroid dienone is 2. The average Bonchev–Trinajstić information content (AvgIpc) is 3.07. The van der Waals surface area contributed by atoms with E-state index in [0.29, 0.717) is 35.1 Å². The molecule has 6 heteroatoms. The summed E-state index contributed by atoms with van der Waals surface area (Å²) in [5.41, 5.74) is 2.94. The number of carbonyl (C=O) groups is 4. The molecule has 2 aromatic carbocycles. The number of cyclic esters (lactones) is 4. The summed E-state index contributed by atoms with van der Waals surface area (Å²) in [7, 11) is 0. The molecule has 0 amide bonds. The Morgan fingerprint density at radius 3 is 1.38 bits per heavy atom. The van der Waals surface area contributed by atoms with Gasteiger partial charge >= 0.3 is 23.9 Å². The first-order valence-electron chi connectivity index (χ1n) is 7.97. The molecule has 26 heavy (non-hydrogen) atoms. The number of hydrogen-bond donors (Lipinski definition) is 0. The van der Waals surface area contributed by atoms with Crippen LogP contribution in [-0.2, 0) is 22.3 Å². The molecule has 4 rings (SSSR count). The van der Waals surface area contributed by atoms with Crippen molar-refractivity contribution in [2.24, 2.45) is 0 Å². The zero-order valence-electron chi connectivity index (χ0n) is 13.5. The van der Waals surface area contributed by atoms with Crippen LogP contribution in [0.1, 0.15) is 52.6 Å². The van der Waals surface area contributed by atoms with E-state index in [0.717, 1.165) is 11.1 Å². The first-order valence-corrected chi connectivity index (χ1v) is 7.97. The molecule has 0 aromatic heterocycles. The standard InChI is InChI=1S/C20H12O6/c21-17-13-7-5-11(9-15(13)19(23)25-17)3-1-2-4-12-6-8-14-16(10-12)20(24)26-18(14)22/h1-2,5-10H,3-4H2/b2-1-. The van der Waals surface area contributed by atoms with Crippen LogP contribution >= 0.6 is 0 Å². The smallest absolute Gasteiger partial charge is 0.346 e. The zero-order valence-corrected chi connectivity index (χ0v) is 13.5. The normalized spacial score (nSPS) is 15.2. The lowest BCUT2D eigenvalue weighted by Crippen LogP contribution is -1.97. The second-order valence-electron chi connectivity index (χ2n) is 5.99. The average molecular weight is 348 g/mol. The summed E-state index contributed by atoms with van der Waals surface area (Å²) in [5.74, 6) is -2.45. The van der Waals surface area contributed by atoms with Gasteiger partial charge in [0.05, 0.1) is 22.3 Å². The van der Waals surface area contributed by atoms with E-state index in [9.17, 15) is 19.2 Å². The topological polar surface area (TPSA) is 86.7 Å². The van der Waals surface area contributed by atoms with Crippen LogP contribution in [0, 0.1) is 0 Å². The van der Waals surface area contributed by atoms with Crippen LogP contribution in [0.2, 0.25) is 0 Å². The van der Waals surface area contributed by atoms with Gasteiger partial charge in [-0.05, 0) is 48.2 Å². The predicted molar refractivity (Wildman–Crippen MR) is 88.9 cm³/mol. The van der Waals surface area contributed by atoms with E-state index in [-0.39, 0.29) is 0 Å². The van der Waals surface area contributed by atoms with Crippen molar-refractivity contribution in [3.8, 4) is 0 Å². The molecule has 2 aliphatic rings. The molecular weight excluding hydrogens is 336 g/mol. The van der Waals surface area contributed by atoms with Crippen molar-refractivity contribution in [3.05, 3.63) is 81.9 Å². The molecule has 0 aliphatic carbocycles. The summed E-state index contributed by atoms with van der Waals surface area (Å²) in [4.78, 5) is 46.0. The Hall–Kier alpha value is -3.54. The molecule has 0 bridgehead atoms. The summed E-state index contributed by atoms with van der Waals surface area (Å²) in [6.07, 6.45) is 5.03. The third-order valence-electron chi connectivity index (χ3n) is 4.29. The van der Waals surface area contributed by atoms with Gasteiger partial charge in [-0.3, -0.25) is 0 Å². The maximum atomic E-state index is 11.6. The Morgan fingerprint density at radius 2 is 0.962 bits per heavy atom. The molecule has 0 saturated heterocycles. The first-order chi connectivity index (χ1) is 12.5. The highest BCUT2D eigenvalue weighted by atomic mass is 16.6. The van der Waals surface area contributed by atoms with Gasteiger partial charge in [-0.1, -0.05) is 24.3 Å². The fourth-order valence-corrected chi connectivity index (χ4v) is 2.96. The number of carbonyl (C=O) groups excluding carboxylic acids is 4. The van der Waals surface area contributed by atoms with Crippen molar-refractivity contribution < 1.29 is 28.7 Å². The second-order valence-corrected chi connectivity index (χ2v) is 5.99. The summed E-state index contributed by atoms with van der Waals surface area (Å²) in [6.45, 7) is 0. The highest BCUT2D eigenvalue weighted by Gasteiger charge is 2.30. The van der Waals surface area contributed by atoms with Gasteiger partial charge in [0.2, 0.25) is 0 Å². The Bertz CT molecular complexity index is 933. The second kappa shape index (κ2) is 6.07. The minimum absolute atomic E-state index is 0.294. The fraction of sp³-hybridized carbons (Fsp3) is 0.100. The summed E-state index contributed by atoms with van der Waals surface area (Å²) in [6, 6.07) is 10.1. The molecule has 0 N–H and O–H groups in total. The molecule has 0 atom stereocenters. The van der Waals surface area contributed by atoms with Crippen LogP contribution in [0.5, 0.6) is 0 Å². The maximum absolute atomic E-state index is 11.6. The number of benzene rings is 2. The van der Waals surface area contributed by atoms with Gasteiger partial charge in [0, 0.05) is 0 Å². The Balaban J connectivity index is 1.43. The van der Waals surface area contributed by atoms with Gasteiger partial charge < -0.3 is 9.47 Å². The lowest BCUT2D eigenvalue weighted by Gasteiger charge is -2.00. The molecule has 0 radical (unpaired) electrons. The monoisotopic (exact) mass is 348 g/mol.